The molecule has 32 heavy (non-hydrogen) atoms. The Morgan fingerprint density at radius 2 is 1.78 bits per heavy atom. The molecule has 2 amide bonds. The Balaban J connectivity index is 1.33. The Bertz CT molecular complexity index is 890. The number of nitrogens with zero attached hydrogens (tertiary/aromatic N) is 3. The van der Waals surface area contributed by atoms with E-state index in [1.807, 2.05) is 41.3 Å². The zero-order valence-electron chi connectivity index (χ0n) is 18.9. The van der Waals surface area contributed by atoms with E-state index in [9.17, 15) is 9.59 Å². The van der Waals surface area contributed by atoms with Crippen molar-refractivity contribution >= 4 is 17.5 Å². The van der Waals surface area contributed by atoms with Crippen LogP contribution in [0.1, 0.15) is 18.4 Å². The van der Waals surface area contributed by atoms with E-state index in [0.29, 0.717) is 19.5 Å². The van der Waals surface area contributed by atoms with E-state index in [4.69, 9.17) is 4.74 Å². The lowest BCUT2D eigenvalue weighted by molar-refractivity contribution is -0.127. The fourth-order valence-corrected chi connectivity index (χ4v) is 4.66. The molecule has 2 aliphatic heterocycles. The third-order valence-corrected chi connectivity index (χ3v) is 6.41. The van der Waals surface area contributed by atoms with Crippen molar-refractivity contribution in [2.75, 3.05) is 51.3 Å². The maximum Gasteiger partial charge on any atom is 0.232 e. The van der Waals surface area contributed by atoms with Crippen molar-refractivity contribution in [1.82, 2.24) is 9.80 Å². The summed E-state index contributed by atoms with van der Waals surface area (Å²) in [6, 6.07) is 20.3. The van der Waals surface area contributed by atoms with Gasteiger partial charge >= 0.3 is 0 Å². The standard InChI is InChI=1S/C26H33N3O3/c1-27-19-22(18-25(27)30)26(31)29(23-11-6-3-7-12-23)14-8-13-28-15-16-32-24(20-28)17-21-9-4-2-5-10-21/h2-7,9-12,22,24H,8,13-20H2,1H3. The number of benzene rings is 2. The molecule has 2 fully saturated rings. The molecule has 170 valence electrons. The summed E-state index contributed by atoms with van der Waals surface area (Å²) in [4.78, 5) is 31.2. The monoisotopic (exact) mass is 435 g/mol. The van der Waals surface area contributed by atoms with E-state index in [-0.39, 0.29) is 23.8 Å². The molecule has 0 aromatic heterocycles. The van der Waals surface area contributed by atoms with Crippen LogP contribution in [0.4, 0.5) is 5.69 Å². The first-order valence-electron chi connectivity index (χ1n) is 11.6. The van der Waals surface area contributed by atoms with Crippen LogP contribution in [-0.4, -0.2) is 74.1 Å². The van der Waals surface area contributed by atoms with Crippen molar-refractivity contribution in [2.24, 2.45) is 5.92 Å². The van der Waals surface area contributed by atoms with Gasteiger partial charge in [-0.15, -0.1) is 0 Å². The van der Waals surface area contributed by atoms with Crippen molar-refractivity contribution in [1.29, 1.82) is 0 Å². The summed E-state index contributed by atoms with van der Waals surface area (Å²) in [6.07, 6.45) is 2.33. The number of carbonyl (C=O) groups excluding carboxylic acids is 2. The van der Waals surface area contributed by atoms with E-state index in [1.165, 1.54) is 5.56 Å². The first-order valence-corrected chi connectivity index (χ1v) is 11.6. The van der Waals surface area contributed by atoms with Gasteiger partial charge in [-0.25, -0.2) is 0 Å². The van der Waals surface area contributed by atoms with Crippen molar-refractivity contribution in [3.63, 3.8) is 0 Å². The number of anilines is 1. The molecule has 2 heterocycles. The first kappa shape index (κ1) is 22.5. The quantitative estimate of drug-likeness (QED) is 0.640. The Hall–Kier alpha value is -2.70. The van der Waals surface area contributed by atoms with Crippen molar-refractivity contribution < 1.29 is 14.3 Å². The highest BCUT2D eigenvalue weighted by Gasteiger charge is 2.35. The minimum atomic E-state index is -0.258. The van der Waals surface area contributed by atoms with Gasteiger partial charge in [0, 0.05) is 51.9 Å². The Kier molecular flexibility index (Phi) is 7.55. The Morgan fingerprint density at radius 3 is 2.47 bits per heavy atom. The van der Waals surface area contributed by atoms with Gasteiger partial charge in [0.15, 0.2) is 0 Å². The SMILES string of the molecule is CN1CC(C(=O)N(CCCN2CCOC(Cc3ccccc3)C2)c2ccccc2)CC1=O. The van der Waals surface area contributed by atoms with Crippen LogP contribution in [0.2, 0.25) is 0 Å². The predicted octanol–water partition coefficient (Wildman–Crippen LogP) is 2.83. The van der Waals surface area contributed by atoms with E-state index in [1.54, 1.807) is 11.9 Å². The number of amides is 2. The molecule has 0 bridgehead atoms. The number of para-hydroxylation sites is 1. The van der Waals surface area contributed by atoms with Crippen molar-refractivity contribution in [3.05, 3.63) is 66.2 Å². The third-order valence-electron chi connectivity index (χ3n) is 6.41. The Morgan fingerprint density at radius 1 is 1.06 bits per heavy atom. The second-order valence-electron chi connectivity index (χ2n) is 8.84. The number of carbonyl (C=O) groups is 2. The van der Waals surface area contributed by atoms with Crippen LogP contribution in [0.15, 0.2) is 60.7 Å². The van der Waals surface area contributed by atoms with Gasteiger partial charge in [-0.3, -0.25) is 14.5 Å². The van der Waals surface area contributed by atoms with E-state index >= 15 is 0 Å². The molecule has 0 N–H and O–H groups in total. The minimum absolute atomic E-state index is 0.0501. The molecule has 2 aromatic carbocycles. The van der Waals surface area contributed by atoms with Gasteiger partial charge < -0.3 is 14.5 Å². The van der Waals surface area contributed by atoms with Gasteiger partial charge in [0.1, 0.15) is 0 Å². The molecule has 2 unspecified atom stereocenters. The molecule has 2 atom stereocenters. The van der Waals surface area contributed by atoms with Gasteiger partial charge in [0.25, 0.3) is 0 Å². The molecule has 0 saturated carbocycles. The summed E-state index contributed by atoms with van der Waals surface area (Å²) in [5.41, 5.74) is 2.21. The van der Waals surface area contributed by atoms with Gasteiger partial charge in [-0.2, -0.15) is 0 Å². The second kappa shape index (κ2) is 10.7. The summed E-state index contributed by atoms with van der Waals surface area (Å²) < 4.78 is 5.99. The molecule has 2 saturated heterocycles. The average Bonchev–Trinajstić information content (AvgIpc) is 3.16. The summed E-state index contributed by atoms with van der Waals surface area (Å²) in [7, 11) is 1.77. The van der Waals surface area contributed by atoms with Crippen LogP contribution in [0.3, 0.4) is 0 Å². The first-order chi connectivity index (χ1) is 15.6. The van der Waals surface area contributed by atoms with Crippen LogP contribution in [0.5, 0.6) is 0 Å². The molecule has 4 rings (SSSR count). The summed E-state index contributed by atoms with van der Waals surface area (Å²) in [5.74, 6) is -0.154. The fraction of sp³-hybridized carbons (Fsp3) is 0.462. The van der Waals surface area contributed by atoms with E-state index in [2.05, 4.69) is 29.2 Å². The number of hydrogen-bond donors (Lipinski definition) is 0. The van der Waals surface area contributed by atoms with Crippen LogP contribution in [0, 0.1) is 5.92 Å². The molecule has 0 spiro atoms. The van der Waals surface area contributed by atoms with Crippen molar-refractivity contribution in [2.45, 2.75) is 25.4 Å². The molecule has 6 nitrogen and oxygen atoms in total. The molecule has 6 heteroatoms. The number of ether oxygens (including phenoxy) is 1. The third kappa shape index (κ3) is 5.75. The number of likely N-dealkylation sites (tertiary alicyclic amines) is 1. The molecular formula is C26H33N3O3. The smallest absolute Gasteiger partial charge is 0.232 e. The van der Waals surface area contributed by atoms with Crippen LogP contribution < -0.4 is 4.90 Å². The van der Waals surface area contributed by atoms with Gasteiger partial charge in [0.2, 0.25) is 11.8 Å². The lowest BCUT2D eigenvalue weighted by Crippen LogP contribution is -2.45. The summed E-state index contributed by atoms with van der Waals surface area (Å²) >= 11 is 0. The largest absolute Gasteiger partial charge is 0.375 e. The maximum atomic E-state index is 13.3. The molecule has 2 aliphatic rings. The number of morpholine rings is 1. The molecule has 0 aliphatic carbocycles. The summed E-state index contributed by atoms with van der Waals surface area (Å²) in [6.45, 7) is 4.66. The topological polar surface area (TPSA) is 53.1 Å². The van der Waals surface area contributed by atoms with Gasteiger partial charge in [0.05, 0.1) is 18.6 Å². The highest BCUT2D eigenvalue weighted by atomic mass is 16.5. The lowest BCUT2D eigenvalue weighted by Gasteiger charge is -2.34. The maximum absolute atomic E-state index is 13.3. The fourth-order valence-electron chi connectivity index (χ4n) is 4.66. The number of rotatable bonds is 8. The highest BCUT2D eigenvalue weighted by Crippen LogP contribution is 2.23. The zero-order valence-corrected chi connectivity index (χ0v) is 18.9. The normalized spacial score (nSPS) is 21.7. The Labute approximate surface area is 190 Å². The van der Waals surface area contributed by atoms with E-state index in [0.717, 1.165) is 44.8 Å². The highest BCUT2D eigenvalue weighted by molar-refractivity contribution is 5.98. The number of hydrogen-bond acceptors (Lipinski definition) is 4. The predicted molar refractivity (Wildman–Crippen MR) is 125 cm³/mol. The average molecular weight is 436 g/mol. The molecule has 2 aromatic rings. The lowest BCUT2D eigenvalue weighted by atomic mass is 10.1. The van der Waals surface area contributed by atoms with Gasteiger partial charge in [-0.05, 0) is 30.5 Å². The van der Waals surface area contributed by atoms with E-state index < -0.39 is 0 Å². The van der Waals surface area contributed by atoms with Gasteiger partial charge in [-0.1, -0.05) is 48.5 Å². The molecule has 0 radical (unpaired) electrons. The minimum Gasteiger partial charge on any atom is -0.375 e. The summed E-state index contributed by atoms with van der Waals surface area (Å²) in [5, 5.41) is 0. The second-order valence-corrected chi connectivity index (χ2v) is 8.84. The van der Waals surface area contributed by atoms with Crippen LogP contribution >= 0.6 is 0 Å². The van der Waals surface area contributed by atoms with Crippen LogP contribution in [-0.2, 0) is 20.7 Å². The molecular weight excluding hydrogens is 402 g/mol. The van der Waals surface area contributed by atoms with Crippen LogP contribution in [0.25, 0.3) is 0 Å². The van der Waals surface area contributed by atoms with Crippen molar-refractivity contribution in [3.8, 4) is 0 Å². The zero-order chi connectivity index (χ0) is 22.3.